The van der Waals surface area contributed by atoms with Gasteiger partial charge in [0.15, 0.2) is 0 Å². The summed E-state index contributed by atoms with van der Waals surface area (Å²) in [6.07, 6.45) is 5.71. The van der Waals surface area contributed by atoms with Crippen molar-refractivity contribution in [3.8, 4) is 5.69 Å². The van der Waals surface area contributed by atoms with E-state index in [1.165, 1.54) is 102 Å². The molecule has 2 heterocycles. The van der Waals surface area contributed by atoms with Crippen LogP contribution in [-0.2, 0) is 5.41 Å². The molecule has 0 atom stereocenters. The lowest BCUT2D eigenvalue weighted by Gasteiger charge is -2.26. The van der Waals surface area contributed by atoms with Crippen molar-refractivity contribution >= 4 is 103 Å². The van der Waals surface area contributed by atoms with Gasteiger partial charge in [-0.1, -0.05) is 147 Å². The van der Waals surface area contributed by atoms with E-state index in [0.717, 1.165) is 17.8 Å². The first kappa shape index (κ1) is 35.0. The van der Waals surface area contributed by atoms with E-state index in [0.29, 0.717) is 0 Å². The Kier molecular flexibility index (Phi) is 7.76. The van der Waals surface area contributed by atoms with Gasteiger partial charge in [-0.3, -0.25) is 0 Å². The highest BCUT2D eigenvalue weighted by Gasteiger charge is 2.32. The number of allylic oxidation sites excluding steroid dienone is 4. The van der Waals surface area contributed by atoms with Crippen molar-refractivity contribution in [3.63, 3.8) is 0 Å². The van der Waals surface area contributed by atoms with Crippen molar-refractivity contribution in [2.75, 3.05) is 4.90 Å². The van der Waals surface area contributed by atoms with Crippen LogP contribution in [0.5, 0.6) is 0 Å². The van der Waals surface area contributed by atoms with Gasteiger partial charge in [0.25, 0.3) is 0 Å². The molecule has 1 aliphatic carbocycles. The van der Waals surface area contributed by atoms with Crippen molar-refractivity contribution in [3.05, 3.63) is 205 Å². The van der Waals surface area contributed by atoms with E-state index in [2.05, 4.69) is 218 Å². The summed E-state index contributed by atoms with van der Waals surface area (Å²) in [7, 11) is 0. The summed E-state index contributed by atoms with van der Waals surface area (Å²) in [4.78, 5) is 2.43. The Bertz CT molecular complexity index is 3630. The van der Waals surface area contributed by atoms with Crippen molar-refractivity contribution in [2.24, 2.45) is 0 Å². The molecule has 12 rings (SSSR count). The maximum atomic E-state index is 2.50. The Morgan fingerprint density at radius 3 is 2.10 bits per heavy atom. The molecule has 9 aromatic carbocycles. The Hall–Kier alpha value is -6.94. The number of hydrogen-bond acceptors (Lipinski definition) is 2. The number of rotatable bonds is 5. The largest absolute Gasteiger partial charge is 0.314 e. The number of anilines is 2. The van der Waals surface area contributed by atoms with Crippen LogP contribution >= 0.6 is 11.3 Å². The first-order valence-corrected chi connectivity index (χ1v) is 21.8. The molecule has 0 spiro atoms. The average Bonchev–Trinajstić information content (AvgIpc) is 3.92. The van der Waals surface area contributed by atoms with E-state index in [4.69, 9.17) is 0 Å². The minimum absolute atomic E-state index is 0.123. The van der Waals surface area contributed by atoms with Crippen LogP contribution in [0.3, 0.4) is 0 Å². The van der Waals surface area contributed by atoms with E-state index in [-0.39, 0.29) is 5.41 Å². The second-order valence-electron chi connectivity index (χ2n) is 17.1. The van der Waals surface area contributed by atoms with Crippen LogP contribution in [0.2, 0.25) is 0 Å². The van der Waals surface area contributed by atoms with Gasteiger partial charge in [0.2, 0.25) is 0 Å². The molecule has 0 bridgehead atoms. The normalized spacial score (nSPS) is 14.8. The van der Waals surface area contributed by atoms with E-state index in [1.807, 2.05) is 11.3 Å². The van der Waals surface area contributed by atoms with Crippen molar-refractivity contribution in [2.45, 2.75) is 32.6 Å². The quantitative estimate of drug-likeness (QED) is 0.169. The summed E-state index contributed by atoms with van der Waals surface area (Å²) >= 11 is 1.88. The molecular weight excluding hydrogens is 745 g/mol. The van der Waals surface area contributed by atoms with Crippen molar-refractivity contribution in [1.29, 1.82) is 0 Å². The smallest absolute Gasteiger partial charge is 0.0619 e. The number of fused-ring (bicyclic) bond motifs is 12. The van der Waals surface area contributed by atoms with Crippen LogP contribution in [0.4, 0.5) is 11.4 Å². The van der Waals surface area contributed by atoms with Gasteiger partial charge in [-0.15, -0.1) is 11.3 Å². The second kappa shape index (κ2) is 13.3. The second-order valence-corrected chi connectivity index (χ2v) is 18.2. The summed E-state index contributed by atoms with van der Waals surface area (Å²) < 4.78 is 5.07. The highest BCUT2D eigenvalue weighted by molar-refractivity contribution is 7.25. The first-order chi connectivity index (χ1) is 29.4. The van der Waals surface area contributed by atoms with Crippen LogP contribution in [0.15, 0.2) is 194 Å². The lowest BCUT2D eigenvalue weighted by molar-refractivity contribution is 0.563. The fourth-order valence-corrected chi connectivity index (χ4v) is 11.3. The van der Waals surface area contributed by atoms with E-state index < -0.39 is 0 Å². The summed E-state index contributed by atoms with van der Waals surface area (Å²) in [6, 6.07) is 65.3. The van der Waals surface area contributed by atoms with Gasteiger partial charge in [-0.2, -0.15) is 0 Å². The molecule has 0 saturated heterocycles. The maximum Gasteiger partial charge on any atom is 0.0619 e. The minimum atomic E-state index is 0.123. The molecule has 0 aliphatic heterocycles. The van der Waals surface area contributed by atoms with Crippen molar-refractivity contribution < 1.29 is 0 Å². The zero-order chi connectivity index (χ0) is 40.1. The van der Waals surface area contributed by atoms with E-state index in [1.54, 1.807) is 0 Å². The van der Waals surface area contributed by atoms with E-state index in [9.17, 15) is 0 Å². The number of thiophene rings is 1. The Morgan fingerprint density at radius 2 is 1.23 bits per heavy atom. The molecule has 0 amide bonds. The predicted molar refractivity (Wildman–Crippen MR) is 261 cm³/mol. The number of nitrogens with zero attached hydrogens (tertiary/aromatic N) is 2. The molecule has 1 aliphatic rings. The number of hydrogen-bond donors (Lipinski definition) is 0. The first-order valence-electron chi connectivity index (χ1n) is 21.0. The van der Waals surface area contributed by atoms with Crippen molar-refractivity contribution in [1.82, 2.24) is 4.57 Å². The SMILES string of the molecule is C/C(=C\C=C1/CC(C)(C)c2ccccc21)N(c1ccc2ccccc2c1)c1ccc2c(c1)sc1ccc(-n3c4ccc5ccccc5c4c4ccc5ccccc5c43)cc12. The third-order valence-corrected chi connectivity index (χ3v) is 14.1. The Labute approximate surface area is 353 Å². The number of benzene rings is 9. The molecule has 286 valence electrons. The van der Waals surface area contributed by atoms with Crippen LogP contribution in [0, 0.1) is 0 Å². The summed E-state index contributed by atoms with van der Waals surface area (Å²) in [6.45, 7) is 6.97. The fraction of sp³-hybridized carbons (Fsp3) is 0.0877. The molecule has 0 saturated carbocycles. The molecule has 0 fully saturated rings. The topological polar surface area (TPSA) is 8.17 Å². The van der Waals surface area contributed by atoms with Gasteiger partial charge in [-0.25, -0.2) is 0 Å². The van der Waals surface area contributed by atoms with Crippen LogP contribution in [0.1, 0.15) is 38.3 Å². The van der Waals surface area contributed by atoms with Gasteiger partial charge in [0.05, 0.1) is 11.0 Å². The molecule has 2 nitrogen and oxygen atoms in total. The lowest BCUT2D eigenvalue weighted by Crippen LogP contribution is -2.14. The Balaban J connectivity index is 1.02. The van der Waals surface area contributed by atoms with E-state index >= 15 is 0 Å². The van der Waals surface area contributed by atoms with Gasteiger partial charge in [0.1, 0.15) is 0 Å². The standard InChI is InChI=1S/C57H42N2S/c1-36(20-21-41-35-57(2,3)51-19-11-10-16-45(41)51)58(42-25-22-37-12-4-5-15-40(37)32-42)44-26-29-48-50-33-43(27-31-53(50)60-54(48)34-44)59-52-30-24-38-13-6-8-17-46(38)55(52)49-28-23-39-14-7-9-18-47(39)56(49)59/h4-34H,35H2,1-3H3/b36-20+,41-21+. The molecule has 0 N–H and O–H groups in total. The average molecular weight is 787 g/mol. The third-order valence-electron chi connectivity index (χ3n) is 13.0. The molecular formula is C57H42N2S. The monoisotopic (exact) mass is 786 g/mol. The predicted octanol–water partition coefficient (Wildman–Crippen LogP) is 16.4. The van der Waals surface area contributed by atoms with Gasteiger partial charge < -0.3 is 9.47 Å². The molecule has 60 heavy (non-hydrogen) atoms. The maximum absolute atomic E-state index is 2.50. The fourth-order valence-electron chi connectivity index (χ4n) is 10.2. The molecule has 3 heteroatoms. The zero-order valence-electron chi connectivity index (χ0n) is 33.9. The van der Waals surface area contributed by atoms with Crippen LogP contribution in [0.25, 0.3) is 85.6 Å². The lowest BCUT2D eigenvalue weighted by atomic mass is 9.86. The molecule has 0 radical (unpaired) electrons. The van der Waals surface area contributed by atoms with Gasteiger partial charge in [0, 0.05) is 59.1 Å². The van der Waals surface area contributed by atoms with Gasteiger partial charge in [-0.05, 0) is 117 Å². The molecule has 2 aromatic heterocycles. The molecule has 0 unspecified atom stereocenters. The summed E-state index contributed by atoms with van der Waals surface area (Å²) in [5, 5.41) is 12.7. The highest BCUT2D eigenvalue weighted by atomic mass is 32.1. The minimum Gasteiger partial charge on any atom is -0.314 e. The zero-order valence-corrected chi connectivity index (χ0v) is 34.7. The van der Waals surface area contributed by atoms with Crippen LogP contribution in [-0.4, -0.2) is 4.57 Å². The summed E-state index contributed by atoms with van der Waals surface area (Å²) in [5.41, 5.74) is 11.5. The summed E-state index contributed by atoms with van der Waals surface area (Å²) in [5.74, 6) is 0. The Morgan fingerprint density at radius 1 is 0.567 bits per heavy atom. The third kappa shape index (κ3) is 5.39. The number of aromatic nitrogens is 1. The van der Waals surface area contributed by atoms with Crippen LogP contribution < -0.4 is 4.90 Å². The highest BCUT2D eigenvalue weighted by Crippen LogP contribution is 2.46. The molecule has 11 aromatic rings. The van der Waals surface area contributed by atoms with Gasteiger partial charge >= 0.3 is 0 Å².